The number of nitrogens with two attached hydrogens (primary N) is 1. The van der Waals surface area contributed by atoms with E-state index < -0.39 is 11.7 Å². The Morgan fingerprint density at radius 3 is 2.52 bits per heavy atom. The van der Waals surface area contributed by atoms with Gasteiger partial charge in [-0.3, -0.25) is 4.98 Å². The fourth-order valence-corrected chi connectivity index (χ4v) is 2.48. The van der Waals surface area contributed by atoms with Crippen molar-refractivity contribution in [3.8, 4) is 17.2 Å². The average Bonchev–Trinajstić information content (AvgIpc) is 2.57. The SMILES string of the molecule is COc1cc(N)c2nc(C)ccc2c1Oc1cccc(C(F)(F)F)c1. The third-order valence-electron chi connectivity index (χ3n) is 3.66. The number of ether oxygens (including phenoxy) is 2. The molecule has 0 unspecified atom stereocenters. The van der Waals surface area contributed by atoms with Gasteiger partial charge in [0, 0.05) is 17.1 Å². The highest BCUT2D eigenvalue weighted by atomic mass is 19.4. The molecule has 0 amide bonds. The molecule has 4 nitrogen and oxygen atoms in total. The summed E-state index contributed by atoms with van der Waals surface area (Å²) in [5, 5.41) is 0.555. The quantitative estimate of drug-likeness (QED) is 0.681. The molecule has 130 valence electrons. The van der Waals surface area contributed by atoms with Crippen LogP contribution >= 0.6 is 0 Å². The first-order valence-electron chi connectivity index (χ1n) is 7.38. The molecule has 0 aliphatic rings. The van der Waals surface area contributed by atoms with Crippen LogP contribution in [-0.2, 0) is 6.18 Å². The Labute approximate surface area is 142 Å². The van der Waals surface area contributed by atoms with Gasteiger partial charge >= 0.3 is 6.18 Å². The lowest BCUT2D eigenvalue weighted by molar-refractivity contribution is -0.137. The highest BCUT2D eigenvalue weighted by Crippen LogP contribution is 2.42. The Kier molecular flexibility index (Phi) is 4.16. The molecule has 2 N–H and O–H groups in total. The predicted octanol–water partition coefficient (Wildman–Crippen LogP) is 4.95. The normalized spacial score (nSPS) is 11.6. The summed E-state index contributed by atoms with van der Waals surface area (Å²) < 4.78 is 49.7. The zero-order chi connectivity index (χ0) is 18.2. The maximum Gasteiger partial charge on any atom is 0.416 e. The van der Waals surface area contributed by atoms with Crippen LogP contribution < -0.4 is 15.2 Å². The molecule has 3 aromatic rings. The van der Waals surface area contributed by atoms with Gasteiger partial charge in [0.1, 0.15) is 5.75 Å². The smallest absolute Gasteiger partial charge is 0.416 e. The fraction of sp³-hybridized carbons (Fsp3) is 0.167. The van der Waals surface area contributed by atoms with Crippen LogP contribution in [0, 0.1) is 6.92 Å². The lowest BCUT2D eigenvalue weighted by Gasteiger charge is -2.15. The molecular formula is C18H15F3N2O2. The van der Waals surface area contributed by atoms with Gasteiger partial charge in [-0.05, 0) is 37.3 Å². The van der Waals surface area contributed by atoms with E-state index >= 15 is 0 Å². The number of hydrogen-bond donors (Lipinski definition) is 1. The molecule has 2 aromatic carbocycles. The molecule has 0 aliphatic carbocycles. The first-order chi connectivity index (χ1) is 11.8. The van der Waals surface area contributed by atoms with Crippen molar-refractivity contribution in [2.45, 2.75) is 13.1 Å². The van der Waals surface area contributed by atoms with E-state index in [1.165, 1.54) is 25.3 Å². The minimum Gasteiger partial charge on any atom is -0.493 e. The Morgan fingerprint density at radius 2 is 1.84 bits per heavy atom. The van der Waals surface area contributed by atoms with E-state index in [0.717, 1.165) is 17.8 Å². The molecule has 1 aromatic heterocycles. The van der Waals surface area contributed by atoms with E-state index in [1.807, 2.05) is 6.92 Å². The van der Waals surface area contributed by atoms with Crippen LogP contribution in [0.1, 0.15) is 11.3 Å². The number of methoxy groups -OCH3 is 1. The number of alkyl halides is 3. The van der Waals surface area contributed by atoms with Crippen molar-refractivity contribution in [2.75, 3.05) is 12.8 Å². The van der Waals surface area contributed by atoms with Crippen LogP contribution in [-0.4, -0.2) is 12.1 Å². The number of aryl methyl sites for hydroxylation is 1. The molecule has 3 rings (SSSR count). The topological polar surface area (TPSA) is 57.4 Å². The highest BCUT2D eigenvalue weighted by Gasteiger charge is 2.30. The molecule has 25 heavy (non-hydrogen) atoms. The Morgan fingerprint density at radius 1 is 1.08 bits per heavy atom. The van der Waals surface area contributed by atoms with Gasteiger partial charge in [0.15, 0.2) is 11.5 Å². The number of rotatable bonds is 3. The van der Waals surface area contributed by atoms with Crippen LogP contribution in [0.25, 0.3) is 10.9 Å². The summed E-state index contributed by atoms with van der Waals surface area (Å²) in [6.07, 6.45) is -4.45. The zero-order valence-corrected chi connectivity index (χ0v) is 13.5. The molecule has 0 aliphatic heterocycles. The van der Waals surface area contributed by atoms with E-state index in [2.05, 4.69) is 4.98 Å². The summed E-state index contributed by atoms with van der Waals surface area (Å²) in [7, 11) is 1.43. The predicted molar refractivity (Wildman–Crippen MR) is 89.0 cm³/mol. The molecule has 0 spiro atoms. The molecule has 0 bridgehead atoms. The highest BCUT2D eigenvalue weighted by molar-refractivity contribution is 5.96. The average molecular weight is 348 g/mol. The summed E-state index contributed by atoms with van der Waals surface area (Å²) in [5.74, 6) is 0.617. The van der Waals surface area contributed by atoms with E-state index in [-0.39, 0.29) is 11.5 Å². The van der Waals surface area contributed by atoms with Crippen molar-refractivity contribution in [3.05, 3.63) is 53.7 Å². The number of halogens is 3. The van der Waals surface area contributed by atoms with Gasteiger partial charge in [0.25, 0.3) is 0 Å². The third-order valence-corrected chi connectivity index (χ3v) is 3.66. The van der Waals surface area contributed by atoms with Gasteiger partial charge in [0.05, 0.1) is 23.9 Å². The van der Waals surface area contributed by atoms with Crippen molar-refractivity contribution in [3.63, 3.8) is 0 Å². The number of benzene rings is 2. The summed E-state index contributed by atoms with van der Waals surface area (Å²) >= 11 is 0. The summed E-state index contributed by atoms with van der Waals surface area (Å²) in [4.78, 5) is 4.37. The molecule has 7 heteroatoms. The fourth-order valence-electron chi connectivity index (χ4n) is 2.48. The molecule has 0 fully saturated rings. The maximum atomic E-state index is 12.9. The van der Waals surface area contributed by atoms with Gasteiger partial charge in [-0.1, -0.05) is 6.07 Å². The largest absolute Gasteiger partial charge is 0.493 e. The Bertz CT molecular complexity index is 939. The minimum atomic E-state index is -4.45. The first kappa shape index (κ1) is 16.9. The molecule has 1 heterocycles. The van der Waals surface area contributed by atoms with Crippen molar-refractivity contribution in [1.82, 2.24) is 4.98 Å². The standard InChI is InChI=1S/C18H15F3N2O2/c1-10-6-7-13-16(23-10)14(22)9-15(24-2)17(13)25-12-5-3-4-11(8-12)18(19,20)21/h3-9H,22H2,1-2H3. The van der Waals surface area contributed by atoms with Gasteiger partial charge in [-0.15, -0.1) is 0 Å². The van der Waals surface area contributed by atoms with Gasteiger partial charge in [0.2, 0.25) is 0 Å². The number of aromatic nitrogens is 1. The van der Waals surface area contributed by atoms with Crippen molar-refractivity contribution in [2.24, 2.45) is 0 Å². The molecule has 0 radical (unpaired) electrons. The van der Waals surface area contributed by atoms with Crippen molar-refractivity contribution in [1.29, 1.82) is 0 Å². The van der Waals surface area contributed by atoms with Crippen molar-refractivity contribution < 1.29 is 22.6 Å². The molecular weight excluding hydrogens is 333 g/mol. The number of pyridine rings is 1. The van der Waals surface area contributed by atoms with E-state index in [1.54, 1.807) is 12.1 Å². The van der Waals surface area contributed by atoms with Crippen LogP contribution in [0.15, 0.2) is 42.5 Å². The third kappa shape index (κ3) is 3.31. The van der Waals surface area contributed by atoms with Crippen LogP contribution in [0.5, 0.6) is 17.2 Å². The number of fused-ring (bicyclic) bond motifs is 1. The number of hydrogen-bond acceptors (Lipinski definition) is 4. The molecule has 0 saturated carbocycles. The van der Waals surface area contributed by atoms with Gasteiger partial charge in [-0.25, -0.2) is 0 Å². The monoisotopic (exact) mass is 348 g/mol. The van der Waals surface area contributed by atoms with Gasteiger partial charge < -0.3 is 15.2 Å². The van der Waals surface area contributed by atoms with E-state index in [4.69, 9.17) is 15.2 Å². The summed E-state index contributed by atoms with van der Waals surface area (Å²) in [6.45, 7) is 1.82. The second kappa shape index (κ2) is 6.16. The zero-order valence-electron chi connectivity index (χ0n) is 13.5. The van der Waals surface area contributed by atoms with E-state index in [0.29, 0.717) is 22.3 Å². The molecule has 0 atom stereocenters. The second-order valence-electron chi connectivity index (χ2n) is 5.47. The summed E-state index contributed by atoms with van der Waals surface area (Å²) in [5.41, 5.74) is 6.86. The van der Waals surface area contributed by atoms with E-state index in [9.17, 15) is 13.2 Å². The number of nitrogens with zero attached hydrogens (tertiary/aromatic N) is 1. The lowest BCUT2D eigenvalue weighted by atomic mass is 10.1. The van der Waals surface area contributed by atoms with Crippen molar-refractivity contribution >= 4 is 16.6 Å². The second-order valence-corrected chi connectivity index (χ2v) is 5.47. The van der Waals surface area contributed by atoms with Gasteiger partial charge in [-0.2, -0.15) is 13.2 Å². The van der Waals surface area contributed by atoms with Crippen LogP contribution in [0.4, 0.5) is 18.9 Å². The maximum absolute atomic E-state index is 12.9. The molecule has 0 saturated heterocycles. The van der Waals surface area contributed by atoms with Crippen LogP contribution in [0.3, 0.4) is 0 Å². The lowest BCUT2D eigenvalue weighted by Crippen LogP contribution is -2.04. The number of nitrogen functional groups attached to an aromatic ring is 1. The Balaban J connectivity index is 2.14. The summed E-state index contributed by atoms with van der Waals surface area (Å²) in [6, 6.07) is 9.70. The first-order valence-corrected chi connectivity index (χ1v) is 7.38. The Hall–Kier alpha value is -2.96. The van der Waals surface area contributed by atoms with Crippen LogP contribution in [0.2, 0.25) is 0 Å². The minimum absolute atomic E-state index is 0.0415. The number of anilines is 1.